The average molecular weight is 286 g/mol. The lowest BCUT2D eigenvalue weighted by atomic mass is 10.2. The second-order valence-corrected chi connectivity index (χ2v) is 7.12. The molecule has 0 spiro atoms. The van der Waals surface area contributed by atoms with Crippen LogP contribution in [0.5, 0.6) is 0 Å². The molecule has 0 radical (unpaired) electrons. The number of hydrogen-bond donors (Lipinski definition) is 1. The lowest BCUT2D eigenvalue weighted by molar-refractivity contribution is 0.101. The predicted octanol–water partition coefficient (Wildman–Crippen LogP) is 4.03. The van der Waals surface area contributed by atoms with Gasteiger partial charge in [0.1, 0.15) is 0 Å². The molecule has 0 saturated heterocycles. The number of aliphatic hydroxyl groups is 1. The Hall–Kier alpha value is -0.670. The van der Waals surface area contributed by atoms with Crippen molar-refractivity contribution >= 4 is 7.60 Å². The third-order valence-electron chi connectivity index (χ3n) is 2.39. The summed E-state index contributed by atoms with van der Waals surface area (Å²) in [4.78, 5) is 0. The summed E-state index contributed by atoms with van der Waals surface area (Å²) in [5.41, 5.74) is 1.61. The van der Waals surface area contributed by atoms with Gasteiger partial charge in [-0.3, -0.25) is 4.57 Å². The third kappa shape index (κ3) is 4.73. The smallest absolute Gasteiger partial charge is 0.363 e. The molecule has 1 aromatic carbocycles. The molecule has 19 heavy (non-hydrogen) atoms. The Balaban J connectivity index is 3.03. The summed E-state index contributed by atoms with van der Waals surface area (Å²) in [5, 5.41) is 10.3. The summed E-state index contributed by atoms with van der Waals surface area (Å²) < 4.78 is 23.5. The van der Waals surface area contributed by atoms with Gasteiger partial charge in [0.2, 0.25) is 0 Å². The van der Waals surface area contributed by atoms with E-state index in [0.29, 0.717) is 5.56 Å². The number of aliphatic hydroxyl groups excluding tert-OH is 1. The van der Waals surface area contributed by atoms with Gasteiger partial charge >= 0.3 is 7.60 Å². The topological polar surface area (TPSA) is 55.8 Å². The maximum atomic E-state index is 12.7. The monoisotopic (exact) mass is 286 g/mol. The van der Waals surface area contributed by atoms with Crippen molar-refractivity contribution in [3.63, 3.8) is 0 Å². The van der Waals surface area contributed by atoms with Crippen LogP contribution in [0, 0.1) is 6.92 Å². The molecule has 1 atom stereocenters. The van der Waals surface area contributed by atoms with Crippen LogP contribution in [-0.2, 0) is 13.6 Å². The van der Waals surface area contributed by atoms with Crippen molar-refractivity contribution in [1.82, 2.24) is 0 Å². The highest BCUT2D eigenvalue weighted by Gasteiger charge is 2.37. The molecule has 0 heterocycles. The zero-order valence-corrected chi connectivity index (χ0v) is 13.1. The highest BCUT2D eigenvalue weighted by molar-refractivity contribution is 7.54. The normalized spacial score (nSPS) is 14.1. The van der Waals surface area contributed by atoms with Crippen LogP contribution in [-0.4, -0.2) is 17.3 Å². The number of aryl methyl sites for hydroxylation is 1. The van der Waals surface area contributed by atoms with Gasteiger partial charge in [0.05, 0.1) is 12.2 Å². The minimum atomic E-state index is -3.60. The Morgan fingerprint density at radius 1 is 1.00 bits per heavy atom. The molecule has 0 amide bonds. The molecular weight excluding hydrogens is 263 g/mol. The van der Waals surface area contributed by atoms with E-state index in [4.69, 9.17) is 9.05 Å². The van der Waals surface area contributed by atoms with Crippen molar-refractivity contribution in [2.75, 3.05) is 0 Å². The van der Waals surface area contributed by atoms with Gasteiger partial charge in [-0.05, 0) is 40.2 Å². The van der Waals surface area contributed by atoms with Crippen molar-refractivity contribution in [3.05, 3.63) is 35.4 Å². The first-order valence-electron chi connectivity index (χ1n) is 6.45. The van der Waals surface area contributed by atoms with E-state index in [1.54, 1.807) is 39.8 Å². The fraction of sp³-hybridized carbons (Fsp3) is 0.571. The van der Waals surface area contributed by atoms with Gasteiger partial charge in [-0.2, -0.15) is 0 Å². The van der Waals surface area contributed by atoms with Crippen LogP contribution >= 0.6 is 7.60 Å². The molecular formula is C14H23O4P. The molecule has 0 aliphatic carbocycles. The quantitative estimate of drug-likeness (QED) is 0.802. The van der Waals surface area contributed by atoms with E-state index in [-0.39, 0.29) is 12.2 Å². The van der Waals surface area contributed by atoms with Crippen molar-refractivity contribution < 1.29 is 18.7 Å². The number of benzene rings is 1. The first-order valence-corrected chi connectivity index (χ1v) is 8.07. The van der Waals surface area contributed by atoms with Crippen LogP contribution in [0.3, 0.4) is 0 Å². The van der Waals surface area contributed by atoms with E-state index in [2.05, 4.69) is 0 Å². The highest BCUT2D eigenvalue weighted by Crippen LogP contribution is 2.61. The lowest BCUT2D eigenvalue weighted by Crippen LogP contribution is -2.13. The van der Waals surface area contributed by atoms with Gasteiger partial charge < -0.3 is 14.2 Å². The van der Waals surface area contributed by atoms with Gasteiger partial charge in [-0.15, -0.1) is 0 Å². The minimum absolute atomic E-state index is 0.287. The van der Waals surface area contributed by atoms with E-state index in [0.717, 1.165) is 5.56 Å². The Kier molecular flexibility index (Phi) is 5.75. The Labute approximate surface area is 115 Å². The fourth-order valence-electron chi connectivity index (χ4n) is 1.65. The molecule has 1 aromatic rings. The largest absolute Gasteiger partial charge is 0.376 e. The van der Waals surface area contributed by atoms with Gasteiger partial charge in [-0.25, -0.2) is 0 Å². The summed E-state index contributed by atoms with van der Waals surface area (Å²) in [6.45, 7) is 9.00. The molecule has 1 N–H and O–H groups in total. The first-order chi connectivity index (χ1) is 8.74. The molecule has 1 unspecified atom stereocenters. The first kappa shape index (κ1) is 16.4. The molecule has 1 rings (SSSR count). The standard InChI is InChI=1S/C14H23O4P/c1-10(2)17-19(16,18-11(3)4)14(15)13-8-6-12(5)7-9-13/h6-11,14-15H,1-5H3. The maximum Gasteiger partial charge on any atom is 0.363 e. The van der Waals surface area contributed by atoms with Crippen molar-refractivity contribution in [1.29, 1.82) is 0 Å². The number of rotatable bonds is 6. The Morgan fingerprint density at radius 2 is 1.42 bits per heavy atom. The van der Waals surface area contributed by atoms with Crippen molar-refractivity contribution in [2.24, 2.45) is 0 Å². The maximum absolute atomic E-state index is 12.7. The summed E-state index contributed by atoms with van der Waals surface area (Å²) in [6.07, 6.45) is -0.575. The molecule has 0 aliphatic rings. The molecule has 0 bridgehead atoms. The summed E-state index contributed by atoms with van der Waals surface area (Å²) in [5.74, 6) is -1.27. The molecule has 108 valence electrons. The Morgan fingerprint density at radius 3 is 1.79 bits per heavy atom. The predicted molar refractivity (Wildman–Crippen MR) is 76.2 cm³/mol. The summed E-state index contributed by atoms with van der Waals surface area (Å²) in [7, 11) is -3.60. The van der Waals surface area contributed by atoms with E-state index in [1.807, 2.05) is 19.1 Å². The number of hydrogen-bond acceptors (Lipinski definition) is 4. The molecule has 0 fully saturated rings. The van der Waals surface area contributed by atoms with E-state index < -0.39 is 13.4 Å². The highest BCUT2D eigenvalue weighted by atomic mass is 31.2. The van der Waals surface area contributed by atoms with Crippen LogP contribution in [0.4, 0.5) is 0 Å². The summed E-state index contributed by atoms with van der Waals surface area (Å²) in [6, 6.07) is 7.18. The fourth-order valence-corrected chi connectivity index (χ4v) is 3.64. The van der Waals surface area contributed by atoms with Crippen LogP contribution in [0.1, 0.15) is 44.7 Å². The molecule has 4 nitrogen and oxygen atoms in total. The van der Waals surface area contributed by atoms with E-state index >= 15 is 0 Å². The molecule has 0 saturated carbocycles. The van der Waals surface area contributed by atoms with Gasteiger partial charge in [0.25, 0.3) is 0 Å². The second kappa shape index (κ2) is 6.67. The van der Waals surface area contributed by atoms with Crippen molar-refractivity contribution in [3.8, 4) is 0 Å². The second-order valence-electron chi connectivity index (χ2n) is 5.13. The van der Waals surface area contributed by atoms with E-state index in [1.165, 1.54) is 0 Å². The molecule has 5 heteroatoms. The molecule has 0 aliphatic heterocycles. The zero-order valence-electron chi connectivity index (χ0n) is 12.2. The van der Waals surface area contributed by atoms with Crippen LogP contribution in [0.15, 0.2) is 24.3 Å². The zero-order chi connectivity index (χ0) is 14.6. The van der Waals surface area contributed by atoms with Gasteiger partial charge in [-0.1, -0.05) is 29.8 Å². The van der Waals surface area contributed by atoms with Crippen molar-refractivity contribution in [2.45, 2.75) is 52.7 Å². The Bertz CT molecular complexity index is 425. The lowest BCUT2D eigenvalue weighted by Gasteiger charge is -2.27. The van der Waals surface area contributed by atoms with Crippen LogP contribution < -0.4 is 0 Å². The minimum Gasteiger partial charge on any atom is -0.376 e. The van der Waals surface area contributed by atoms with E-state index in [9.17, 15) is 9.67 Å². The van der Waals surface area contributed by atoms with Gasteiger partial charge in [0.15, 0.2) is 5.85 Å². The third-order valence-corrected chi connectivity index (χ3v) is 4.72. The SMILES string of the molecule is Cc1ccc(C(O)P(=O)(OC(C)C)OC(C)C)cc1. The average Bonchev–Trinajstić information content (AvgIpc) is 2.26. The summed E-state index contributed by atoms with van der Waals surface area (Å²) >= 11 is 0. The molecule has 0 aromatic heterocycles. The van der Waals surface area contributed by atoms with Crippen LogP contribution in [0.25, 0.3) is 0 Å². The van der Waals surface area contributed by atoms with Gasteiger partial charge in [0, 0.05) is 0 Å². The van der Waals surface area contributed by atoms with Crippen LogP contribution in [0.2, 0.25) is 0 Å².